The molecule has 9 nitrogen and oxygen atoms in total. The van der Waals surface area contributed by atoms with Crippen LogP contribution in [0.15, 0.2) is 0 Å². The van der Waals surface area contributed by atoms with Gasteiger partial charge in [-0.1, -0.05) is 136 Å². The molecule has 0 aromatic heterocycles. The van der Waals surface area contributed by atoms with Gasteiger partial charge in [0.25, 0.3) is 0 Å². The molecule has 0 aliphatic carbocycles. The van der Waals surface area contributed by atoms with Gasteiger partial charge in [0.1, 0.15) is 12.7 Å². The van der Waals surface area contributed by atoms with Crippen LogP contribution in [0.25, 0.3) is 0 Å². The molecule has 0 rings (SSSR count). The maximum atomic E-state index is 12.0. The van der Waals surface area contributed by atoms with Gasteiger partial charge in [-0.2, -0.15) is 0 Å². The minimum atomic E-state index is -4.39. The molecule has 0 spiro atoms. The maximum Gasteiger partial charge on any atom is 0.472 e. The first-order valence-corrected chi connectivity index (χ1v) is 18.5. The van der Waals surface area contributed by atoms with Crippen LogP contribution in [0.4, 0.5) is 0 Å². The zero-order chi connectivity index (χ0) is 31.2. The highest BCUT2D eigenvalue weighted by Gasteiger charge is 2.23. The summed E-state index contributed by atoms with van der Waals surface area (Å²) in [6.07, 6.45) is 24.8. The fourth-order valence-corrected chi connectivity index (χ4v) is 5.43. The average molecular weight is 622 g/mol. The van der Waals surface area contributed by atoms with E-state index in [0.29, 0.717) is 6.42 Å². The van der Waals surface area contributed by atoms with Crippen LogP contribution in [-0.2, 0) is 27.9 Å². The summed E-state index contributed by atoms with van der Waals surface area (Å²) in [5, 5.41) is 12.5. The second-order valence-electron chi connectivity index (χ2n) is 11.5. The number of esters is 1. The van der Waals surface area contributed by atoms with E-state index in [1.165, 1.54) is 96.3 Å². The van der Waals surface area contributed by atoms with Crippen molar-refractivity contribution in [3.05, 3.63) is 0 Å². The van der Waals surface area contributed by atoms with Crippen LogP contribution in [0, 0.1) is 0 Å². The number of rotatable bonds is 32. The number of aliphatic hydroxyl groups is 1. The summed E-state index contributed by atoms with van der Waals surface area (Å²) >= 11 is 0. The number of aliphatic hydroxyl groups excluding tert-OH is 1. The molecule has 0 heterocycles. The molecular formula is C32H64NO8P. The van der Waals surface area contributed by atoms with E-state index in [4.69, 9.17) is 13.8 Å². The highest BCUT2D eigenvalue weighted by atomic mass is 31.2. The van der Waals surface area contributed by atoms with Crippen molar-refractivity contribution in [2.24, 2.45) is 0 Å². The van der Waals surface area contributed by atoms with Gasteiger partial charge >= 0.3 is 13.8 Å². The molecule has 0 saturated heterocycles. The van der Waals surface area contributed by atoms with Gasteiger partial charge in [0.15, 0.2) is 0 Å². The second kappa shape index (κ2) is 30.1. The Morgan fingerprint density at radius 2 is 1.07 bits per heavy atom. The summed E-state index contributed by atoms with van der Waals surface area (Å²) in [6, 6.07) is 0. The lowest BCUT2D eigenvalue weighted by Crippen LogP contribution is -2.27. The van der Waals surface area contributed by atoms with Crippen LogP contribution >= 0.6 is 7.82 Å². The summed E-state index contributed by atoms with van der Waals surface area (Å²) in [4.78, 5) is 33.5. The maximum absolute atomic E-state index is 12.0. The fraction of sp³-hybridized carbons (Fsp3) is 0.938. The van der Waals surface area contributed by atoms with Crippen molar-refractivity contribution in [1.29, 1.82) is 0 Å². The largest absolute Gasteiger partial charge is 0.472 e. The van der Waals surface area contributed by atoms with Crippen LogP contribution in [0.1, 0.15) is 162 Å². The number of phosphoric acid groups is 1. The number of hydrogen-bond donors (Lipinski definition) is 3. The van der Waals surface area contributed by atoms with Crippen molar-refractivity contribution < 1.29 is 37.9 Å². The minimum Gasteiger partial charge on any atom is -0.463 e. The van der Waals surface area contributed by atoms with E-state index in [9.17, 15) is 24.2 Å². The van der Waals surface area contributed by atoms with Crippen LogP contribution < -0.4 is 5.32 Å². The third-order valence-corrected chi connectivity index (χ3v) is 8.27. The third-order valence-electron chi connectivity index (χ3n) is 7.29. The normalized spacial score (nSPS) is 13.5. The Labute approximate surface area is 256 Å². The van der Waals surface area contributed by atoms with E-state index < -0.39 is 26.5 Å². The Kier molecular flexibility index (Phi) is 29.3. The van der Waals surface area contributed by atoms with Crippen LogP contribution in [0.5, 0.6) is 0 Å². The number of nitrogens with one attached hydrogen (secondary N) is 1. The van der Waals surface area contributed by atoms with Crippen molar-refractivity contribution in [2.75, 3.05) is 26.4 Å². The summed E-state index contributed by atoms with van der Waals surface area (Å²) in [6.45, 7) is 3.49. The van der Waals surface area contributed by atoms with Crippen LogP contribution in [0.2, 0.25) is 0 Å². The standard InChI is InChI=1S/C32H64NO8P/c1-3-5-7-9-11-12-13-14-15-16-17-19-20-22-24-31(35)33-26-27-40-42(37,38)41-29-30(34)28-39-32(36)25-23-21-18-10-8-6-4-2/h30,34H,3-29H2,1-2H3,(H,33,35)(H,37,38). The van der Waals surface area contributed by atoms with Gasteiger partial charge < -0.3 is 20.1 Å². The molecule has 0 aromatic carbocycles. The number of unbranched alkanes of at least 4 members (excludes halogenated alkanes) is 19. The van der Waals surface area contributed by atoms with E-state index in [1.54, 1.807) is 0 Å². The van der Waals surface area contributed by atoms with Crippen LogP contribution in [-0.4, -0.2) is 54.3 Å². The summed E-state index contributed by atoms with van der Waals surface area (Å²) < 4.78 is 26.6. The van der Waals surface area contributed by atoms with Gasteiger partial charge in [0, 0.05) is 19.4 Å². The van der Waals surface area contributed by atoms with Gasteiger partial charge in [-0.25, -0.2) is 4.57 Å². The highest BCUT2D eigenvalue weighted by molar-refractivity contribution is 7.47. The summed E-state index contributed by atoms with van der Waals surface area (Å²) in [5.41, 5.74) is 0. The van der Waals surface area contributed by atoms with Crippen molar-refractivity contribution >= 4 is 19.7 Å². The smallest absolute Gasteiger partial charge is 0.463 e. The zero-order valence-corrected chi connectivity index (χ0v) is 27.9. The molecule has 0 aliphatic heterocycles. The number of hydrogen-bond acceptors (Lipinski definition) is 7. The van der Waals surface area contributed by atoms with E-state index in [-0.39, 0.29) is 32.1 Å². The lowest BCUT2D eigenvalue weighted by atomic mass is 10.0. The molecule has 10 heteroatoms. The second-order valence-corrected chi connectivity index (χ2v) is 13.0. The Morgan fingerprint density at radius 1 is 0.643 bits per heavy atom. The Morgan fingerprint density at radius 3 is 1.55 bits per heavy atom. The lowest BCUT2D eigenvalue weighted by Gasteiger charge is -2.15. The van der Waals surface area contributed by atoms with Crippen molar-refractivity contribution in [1.82, 2.24) is 5.32 Å². The first-order valence-electron chi connectivity index (χ1n) is 17.0. The highest BCUT2D eigenvalue weighted by Crippen LogP contribution is 2.42. The molecule has 0 aliphatic rings. The molecule has 0 radical (unpaired) electrons. The molecule has 3 N–H and O–H groups in total. The van der Waals surface area contributed by atoms with Gasteiger partial charge in [-0.15, -0.1) is 0 Å². The summed E-state index contributed by atoms with van der Waals surface area (Å²) in [7, 11) is -4.39. The molecule has 0 fully saturated rings. The monoisotopic (exact) mass is 621 g/mol. The van der Waals surface area contributed by atoms with Crippen LogP contribution in [0.3, 0.4) is 0 Å². The molecule has 2 unspecified atom stereocenters. The molecule has 0 bridgehead atoms. The first kappa shape index (κ1) is 41.0. The molecule has 1 amide bonds. The Balaban J connectivity index is 3.60. The summed E-state index contributed by atoms with van der Waals surface area (Å²) in [5.74, 6) is -0.518. The number of phosphoric ester groups is 1. The predicted molar refractivity (Wildman–Crippen MR) is 169 cm³/mol. The van der Waals surface area contributed by atoms with Crippen molar-refractivity contribution in [3.63, 3.8) is 0 Å². The number of carbonyl (C=O) groups excluding carboxylic acids is 2. The Hall–Kier alpha value is -0.990. The molecule has 0 saturated carbocycles. The van der Waals surface area contributed by atoms with E-state index in [0.717, 1.165) is 38.5 Å². The molecule has 0 aromatic rings. The first-order chi connectivity index (χ1) is 20.3. The van der Waals surface area contributed by atoms with Gasteiger partial charge in [0.05, 0.1) is 13.2 Å². The van der Waals surface area contributed by atoms with Crippen molar-refractivity contribution in [2.45, 2.75) is 168 Å². The fourth-order valence-electron chi connectivity index (χ4n) is 4.67. The zero-order valence-electron chi connectivity index (χ0n) is 27.0. The predicted octanol–water partition coefficient (Wildman–Crippen LogP) is 8.15. The lowest BCUT2D eigenvalue weighted by molar-refractivity contribution is -0.147. The topological polar surface area (TPSA) is 131 Å². The van der Waals surface area contributed by atoms with Crippen molar-refractivity contribution in [3.8, 4) is 0 Å². The van der Waals surface area contributed by atoms with E-state index in [2.05, 4.69) is 19.2 Å². The SMILES string of the molecule is CCCCCCCCCCCCCCCCC(=O)NCCOP(=O)(O)OCC(O)COC(=O)CCCCCCCCC. The van der Waals surface area contributed by atoms with Gasteiger partial charge in [-0.05, 0) is 12.8 Å². The minimum absolute atomic E-state index is 0.0874. The average Bonchev–Trinajstić information content (AvgIpc) is 2.97. The molecule has 42 heavy (non-hydrogen) atoms. The molecule has 2 atom stereocenters. The number of amides is 1. The van der Waals surface area contributed by atoms with E-state index in [1.807, 2.05) is 0 Å². The quantitative estimate of drug-likeness (QED) is 0.0390. The molecular weight excluding hydrogens is 557 g/mol. The van der Waals surface area contributed by atoms with Gasteiger partial charge in [-0.3, -0.25) is 18.6 Å². The number of carbonyl (C=O) groups is 2. The van der Waals surface area contributed by atoms with Gasteiger partial charge in [0.2, 0.25) is 5.91 Å². The van der Waals surface area contributed by atoms with E-state index >= 15 is 0 Å². The Bertz CT molecular complexity index is 679. The number of ether oxygens (including phenoxy) is 1. The molecule has 250 valence electrons. The third kappa shape index (κ3) is 30.5.